The number of pyridine rings is 1. The smallest absolute Gasteiger partial charge is 0.261 e. The highest BCUT2D eigenvalue weighted by atomic mass is 16.5. The number of hydrogen-bond acceptors (Lipinski definition) is 4. The Bertz CT molecular complexity index is 628. The minimum atomic E-state index is -0.241. The number of carbonyl (C=O) groups is 1. The van der Waals surface area contributed by atoms with Gasteiger partial charge in [-0.15, -0.1) is 0 Å². The van der Waals surface area contributed by atoms with Crippen LogP contribution in [0.3, 0.4) is 0 Å². The van der Waals surface area contributed by atoms with Crippen LogP contribution >= 0.6 is 0 Å². The van der Waals surface area contributed by atoms with Crippen molar-refractivity contribution in [3.63, 3.8) is 0 Å². The minimum absolute atomic E-state index is 0.217. The molecule has 1 aromatic heterocycles. The highest BCUT2D eigenvalue weighted by Gasteiger charge is 2.13. The van der Waals surface area contributed by atoms with Crippen LogP contribution in [0.1, 0.15) is 28.9 Å². The zero-order valence-electron chi connectivity index (χ0n) is 12.4. The van der Waals surface area contributed by atoms with Gasteiger partial charge in [0.2, 0.25) is 5.88 Å². The van der Waals surface area contributed by atoms with Crippen molar-refractivity contribution in [2.45, 2.75) is 13.0 Å². The van der Waals surface area contributed by atoms with Crippen molar-refractivity contribution >= 4 is 11.6 Å². The average Bonchev–Trinajstić information content (AvgIpc) is 2.54. The second kappa shape index (κ2) is 6.85. The lowest BCUT2D eigenvalue weighted by molar-refractivity contribution is 0.102. The SMILES string of the molecule is CNC(C)c1cccc(NC(=O)c2cccnc2OC)c1. The van der Waals surface area contributed by atoms with Crippen molar-refractivity contribution in [2.24, 2.45) is 0 Å². The Morgan fingerprint density at radius 2 is 2.10 bits per heavy atom. The maximum atomic E-state index is 12.3. The predicted octanol–water partition coefficient (Wildman–Crippen LogP) is 2.62. The summed E-state index contributed by atoms with van der Waals surface area (Å²) in [5.74, 6) is 0.0731. The van der Waals surface area contributed by atoms with Gasteiger partial charge >= 0.3 is 0 Å². The molecule has 0 spiro atoms. The summed E-state index contributed by atoms with van der Waals surface area (Å²) in [5, 5.41) is 6.03. The summed E-state index contributed by atoms with van der Waals surface area (Å²) in [6, 6.07) is 11.3. The topological polar surface area (TPSA) is 63.2 Å². The van der Waals surface area contributed by atoms with Crippen LogP contribution in [-0.4, -0.2) is 25.0 Å². The summed E-state index contributed by atoms with van der Waals surface area (Å²) in [4.78, 5) is 16.3. The van der Waals surface area contributed by atoms with E-state index in [1.807, 2.05) is 31.3 Å². The van der Waals surface area contributed by atoms with Crippen LogP contribution in [0.5, 0.6) is 5.88 Å². The third kappa shape index (κ3) is 3.58. The molecule has 0 radical (unpaired) electrons. The molecule has 0 aliphatic carbocycles. The number of rotatable bonds is 5. The number of carbonyl (C=O) groups excluding carboxylic acids is 1. The second-order valence-electron chi connectivity index (χ2n) is 4.65. The summed E-state index contributed by atoms with van der Waals surface area (Å²) < 4.78 is 5.10. The molecule has 0 saturated heterocycles. The van der Waals surface area contributed by atoms with E-state index in [2.05, 4.69) is 22.5 Å². The number of anilines is 1. The number of nitrogens with zero attached hydrogens (tertiary/aromatic N) is 1. The number of aromatic nitrogens is 1. The number of hydrogen-bond donors (Lipinski definition) is 2. The fraction of sp³-hybridized carbons (Fsp3) is 0.250. The van der Waals surface area contributed by atoms with Crippen molar-refractivity contribution < 1.29 is 9.53 Å². The summed E-state index contributed by atoms with van der Waals surface area (Å²) in [5.41, 5.74) is 2.26. The van der Waals surface area contributed by atoms with Crippen LogP contribution in [0.2, 0.25) is 0 Å². The van der Waals surface area contributed by atoms with Crippen LogP contribution in [-0.2, 0) is 0 Å². The molecule has 0 aliphatic heterocycles. The molecule has 0 bridgehead atoms. The number of benzene rings is 1. The molecule has 0 fully saturated rings. The highest BCUT2D eigenvalue weighted by molar-refractivity contribution is 6.05. The Labute approximate surface area is 124 Å². The molecule has 1 unspecified atom stereocenters. The van der Waals surface area contributed by atoms with E-state index in [-0.39, 0.29) is 11.9 Å². The van der Waals surface area contributed by atoms with Gasteiger partial charge in [-0.25, -0.2) is 4.98 Å². The fourth-order valence-electron chi connectivity index (χ4n) is 1.98. The van der Waals surface area contributed by atoms with Crippen LogP contribution in [0.4, 0.5) is 5.69 Å². The van der Waals surface area contributed by atoms with Gasteiger partial charge in [-0.1, -0.05) is 12.1 Å². The Kier molecular flexibility index (Phi) is 4.90. The van der Waals surface area contributed by atoms with Crippen LogP contribution < -0.4 is 15.4 Å². The van der Waals surface area contributed by atoms with Gasteiger partial charge in [0.15, 0.2) is 0 Å². The largest absolute Gasteiger partial charge is 0.480 e. The molecule has 1 heterocycles. The second-order valence-corrected chi connectivity index (χ2v) is 4.65. The van der Waals surface area contributed by atoms with Gasteiger partial charge in [0.05, 0.1) is 7.11 Å². The lowest BCUT2D eigenvalue weighted by Gasteiger charge is -2.13. The van der Waals surface area contributed by atoms with Crippen LogP contribution in [0.15, 0.2) is 42.6 Å². The van der Waals surface area contributed by atoms with E-state index >= 15 is 0 Å². The Hall–Kier alpha value is -2.40. The zero-order valence-corrected chi connectivity index (χ0v) is 12.4. The van der Waals surface area contributed by atoms with E-state index in [1.54, 1.807) is 18.3 Å². The Morgan fingerprint density at radius 1 is 1.29 bits per heavy atom. The quantitative estimate of drug-likeness (QED) is 0.886. The first-order chi connectivity index (χ1) is 10.2. The monoisotopic (exact) mass is 285 g/mol. The van der Waals surface area contributed by atoms with E-state index in [0.717, 1.165) is 11.3 Å². The molecule has 1 atom stereocenters. The molecule has 21 heavy (non-hydrogen) atoms. The van der Waals surface area contributed by atoms with Gasteiger partial charge < -0.3 is 15.4 Å². The standard InChI is InChI=1S/C16H19N3O2/c1-11(17-2)12-6-4-7-13(10-12)19-15(20)14-8-5-9-18-16(14)21-3/h4-11,17H,1-3H3,(H,19,20). The Morgan fingerprint density at radius 3 is 2.81 bits per heavy atom. The first kappa shape index (κ1) is 15.0. The van der Waals surface area contributed by atoms with E-state index in [1.165, 1.54) is 7.11 Å². The number of ether oxygens (including phenoxy) is 1. The molecule has 1 aromatic carbocycles. The molecule has 5 heteroatoms. The van der Waals surface area contributed by atoms with Crippen molar-refractivity contribution in [2.75, 3.05) is 19.5 Å². The summed E-state index contributed by atoms with van der Waals surface area (Å²) in [6.45, 7) is 2.06. The lowest BCUT2D eigenvalue weighted by atomic mass is 10.1. The summed E-state index contributed by atoms with van der Waals surface area (Å²) >= 11 is 0. The third-order valence-corrected chi connectivity index (χ3v) is 3.29. The van der Waals surface area contributed by atoms with Crippen LogP contribution in [0.25, 0.3) is 0 Å². The average molecular weight is 285 g/mol. The third-order valence-electron chi connectivity index (χ3n) is 3.29. The van der Waals surface area contributed by atoms with E-state index in [0.29, 0.717) is 11.4 Å². The minimum Gasteiger partial charge on any atom is -0.480 e. The highest BCUT2D eigenvalue weighted by Crippen LogP contribution is 2.19. The van der Waals surface area contributed by atoms with Crippen LogP contribution in [0, 0.1) is 0 Å². The van der Waals surface area contributed by atoms with Gasteiger partial charge in [0, 0.05) is 17.9 Å². The number of nitrogens with one attached hydrogen (secondary N) is 2. The van der Waals surface area contributed by atoms with Gasteiger partial charge in [-0.3, -0.25) is 4.79 Å². The molecule has 2 aromatic rings. The van der Waals surface area contributed by atoms with Gasteiger partial charge in [0.1, 0.15) is 5.56 Å². The van der Waals surface area contributed by atoms with Crippen molar-refractivity contribution in [1.82, 2.24) is 10.3 Å². The summed E-state index contributed by atoms with van der Waals surface area (Å²) in [6.07, 6.45) is 1.59. The van der Waals surface area contributed by atoms with Crippen molar-refractivity contribution in [1.29, 1.82) is 0 Å². The fourth-order valence-corrected chi connectivity index (χ4v) is 1.98. The molecule has 1 amide bonds. The number of amides is 1. The number of methoxy groups -OCH3 is 1. The molecular weight excluding hydrogens is 266 g/mol. The first-order valence-corrected chi connectivity index (χ1v) is 6.73. The van der Waals surface area contributed by atoms with Gasteiger partial charge in [0.25, 0.3) is 5.91 Å². The van der Waals surface area contributed by atoms with Gasteiger partial charge in [-0.2, -0.15) is 0 Å². The molecule has 0 saturated carbocycles. The molecule has 2 N–H and O–H groups in total. The summed E-state index contributed by atoms with van der Waals surface area (Å²) in [7, 11) is 3.39. The van der Waals surface area contributed by atoms with E-state index < -0.39 is 0 Å². The maximum absolute atomic E-state index is 12.3. The molecule has 0 aliphatic rings. The molecule has 5 nitrogen and oxygen atoms in total. The van der Waals surface area contributed by atoms with E-state index in [4.69, 9.17) is 4.74 Å². The van der Waals surface area contributed by atoms with E-state index in [9.17, 15) is 4.79 Å². The zero-order chi connectivity index (χ0) is 15.2. The first-order valence-electron chi connectivity index (χ1n) is 6.73. The van der Waals surface area contributed by atoms with Gasteiger partial charge in [-0.05, 0) is 43.8 Å². The Balaban J connectivity index is 2.20. The maximum Gasteiger partial charge on any atom is 0.261 e. The lowest BCUT2D eigenvalue weighted by Crippen LogP contribution is -2.15. The molecule has 2 rings (SSSR count). The predicted molar refractivity (Wildman–Crippen MR) is 82.7 cm³/mol. The van der Waals surface area contributed by atoms with Crippen molar-refractivity contribution in [3.05, 3.63) is 53.7 Å². The molecular formula is C16H19N3O2. The molecule has 110 valence electrons. The normalized spacial score (nSPS) is 11.8. The van der Waals surface area contributed by atoms with Crippen molar-refractivity contribution in [3.8, 4) is 5.88 Å².